The number of aromatic hydroxyl groups is 1. The van der Waals surface area contributed by atoms with Crippen LogP contribution in [-0.4, -0.2) is 10.6 Å². The highest BCUT2D eigenvalue weighted by Crippen LogP contribution is 2.57. The maximum absolute atomic E-state index is 9.53. The molecule has 0 aromatic heterocycles. The van der Waals surface area contributed by atoms with E-state index in [0.29, 0.717) is 17.6 Å². The Bertz CT molecular complexity index is 411. The largest absolute Gasteiger partial charge is 0.508 e. The lowest BCUT2D eigenvalue weighted by molar-refractivity contribution is 0.286. The minimum Gasteiger partial charge on any atom is -0.508 e. The van der Waals surface area contributed by atoms with Gasteiger partial charge in [-0.2, -0.15) is 0 Å². The second-order valence-corrected chi connectivity index (χ2v) is 5.80. The molecule has 0 radical (unpaired) electrons. The molecular weight excluding hydrogens is 210 g/mol. The number of phenolic OH excluding ortho intramolecular Hbond substituents is 1. The van der Waals surface area contributed by atoms with Crippen molar-refractivity contribution in [2.75, 3.05) is 0 Å². The summed E-state index contributed by atoms with van der Waals surface area (Å²) in [7, 11) is 0. The lowest BCUT2D eigenvalue weighted by Gasteiger charge is -2.28. The molecule has 0 amide bonds. The van der Waals surface area contributed by atoms with Gasteiger partial charge in [0.1, 0.15) is 5.75 Å². The van der Waals surface area contributed by atoms with E-state index in [4.69, 9.17) is 5.73 Å². The maximum atomic E-state index is 9.53. The fourth-order valence-electron chi connectivity index (χ4n) is 3.56. The van der Waals surface area contributed by atoms with Gasteiger partial charge >= 0.3 is 0 Å². The van der Waals surface area contributed by atoms with Gasteiger partial charge in [0.25, 0.3) is 0 Å². The number of hydrogen-bond donors (Lipinski definition) is 2. The van der Waals surface area contributed by atoms with Crippen LogP contribution in [0.2, 0.25) is 0 Å². The highest BCUT2D eigenvalue weighted by Gasteiger charge is 2.56. The van der Waals surface area contributed by atoms with Gasteiger partial charge in [-0.15, -0.1) is 0 Å². The Hall–Kier alpha value is -1.02. The summed E-state index contributed by atoms with van der Waals surface area (Å²) >= 11 is 0. The number of nitrogens with two attached hydrogens (primary N) is 1. The van der Waals surface area contributed by atoms with Crippen molar-refractivity contribution >= 4 is 0 Å². The molecular formula is C15H21NO. The van der Waals surface area contributed by atoms with Crippen molar-refractivity contribution in [3.8, 4) is 5.75 Å². The summed E-state index contributed by atoms with van der Waals surface area (Å²) in [5.41, 5.74) is 7.81. The van der Waals surface area contributed by atoms with Crippen molar-refractivity contribution in [1.82, 2.24) is 0 Å². The van der Waals surface area contributed by atoms with Crippen LogP contribution < -0.4 is 5.73 Å². The standard InChI is InChI=1S/C15H21NO/c16-15(12-6-2-1-3-7-12)10-14(15)11-5-4-8-13(17)9-11/h4-5,8-9,12,14,17H,1-3,6-7,10,16H2. The molecule has 17 heavy (non-hydrogen) atoms. The average Bonchev–Trinajstić information content (AvgIpc) is 3.05. The third-order valence-electron chi connectivity index (χ3n) is 4.68. The summed E-state index contributed by atoms with van der Waals surface area (Å²) < 4.78 is 0. The van der Waals surface area contributed by atoms with Gasteiger partial charge < -0.3 is 10.8 Å². The summed E-state index contributed by atoms with van der Waals surface area (Å²) in [6, 6.07) is 7.62. The zero-order valence-corrected chi connectivity index (χ0v) is 10.2. The smallest absolute Gasteiger partial charge is 0.115 e. The Kier molecular flexibility index (Phi) is 2.62. The first-order valence-electron chi connectivity index (χ1n) is 6.78. The van der Waals surface area contributed by atoms with Gasteiger partial charge in [0.2, 0.25) is 0 Å². The van der Waals surface area contributed by atoms with Crippen molar-refractivity contribution in [3.63, 3.8) is 0 Å². The van der Waals surface area contributed by atoms with Gasteiger partial charge in [0.05, 0.1) is 0 Å². The van der Waals surface area contributed by atoms with E-state index in [1.165, 1.54) is 37.7 Å². The van der Waals surface area contributed by atoms with E-state index in [9.17, 15) is 5.11 Å². The highest BCUT2D eigenvalue weighted by molar-refractivity contribution is 5.38. The van der Waals surface area contributed by atoms with Crippen LogP contribution >= 0.6 is 0 Å². The van der Waals surface area contributed by atoms with E-state index in [0.717, 1.165) is 6.42 Å². The molecule has 0 aliphatic heterocycles. The molecule has 2 unspecified atom stereocenters. The predicted octanol–water partition coefficient (Wildman–Crippen LogP) is 3.16. The maximum Gasteiger partial charge on any atom is 0.115 e. The number of rotatable bonds is 2. The van der Waals surface area contributed by atoms with Crippen LogP contribution in [0.25, 0.3) is 0 Å². The van der Waals surface area contributed by atoms with E-state index in [2.05, 4.69) is 6.07 Å². The molecule has 2 saturated carbocycles. The van der Waals surface area contributed by atoms with E-state index in [-0.39, 0.29) is 5.54 Å². The van der Waals surface area contributed by atoms with Crippen LogP contribution in [0.5, 0.6) is 5.75 Å². The van der Waals surface area contributed by atoms with Crippen molar-refractivity contribution in [1.29, 1.82) is 0 Å². The monoisotopic (exact) mass is 231 g/mol. The molecule has 92 valence electrons. The average molecular weight is 231 g/mol. The fraction of sp³-hybridized carbons (Fsp3) is 0.600. The van der Waals surface area contributed by atoms with E-state index < -0.39 is 0 Å². The number of phenols is 1. The molecule has 2 fully saturated rings. The zero-order valence-electron chi connectivity index (χ0n) is 10.2. The molecule has 2 heteroatoms. The van der Waals surface area contributed by atoms with Gasteiger partial charge in [-0.3, -0.25) is 0 Å². The molecule has 0 bridgehead atoms. The summed E-state index contributed by atoms with van der Waals surface area (Å²) in [6.45, 7) is 0. The first-order chi connectivity index (χ1) is 8.20. The van der Waals surface area contributed by atoms with Gasteiger partial charge in [-0.05, 0) is 42.9 Å². The first-order valence-corrected chi connectivity index (χ1v) is 6.78. The summed E-state index contributed by atoms with van der Waals surface area (Å²) in [6.07, 6.45) is 7.76. The first kappa shape index (κ1) is 11.1. The molecule has 3 rings (SSSR count). The van der Waals surface area contributed by atoms with Gasteiger partial charge in [0.15, 0.2) is 0 Å². The third-order valence-corrected chi connectivity index (χ3v) is 4.68. The van der Waals surface area contributed by atoms with Crippen molar-refractivity contribution < 1.29 is 5.11 Å². The Morgan fingerprint density at radius 2 is 1.94 bits per heavy atom. The fourth-order valence-corrected chi connectivity index (χ4v) is 3.56. The van der Waals surface area contributed by atoms with E-state index in [1.54, 1.807) is 6.07 Å². The van der Waals surface area contributed by atoms with Crippen LogP contribution in [0.3, 0.4) is 0 Å². The second-order valence-electron chi connectivity index (χ2n) is 5.80. The lowest BCUT2D eigenvalue weighted by atomic mass is 9.81. The minimum absolute atomic E-state index is 0.0220. The molecule has 0 heterocycles. The zero-order chi connectivity index (χ0) is 11.9. The normalized spacial score (nSPS) is 33.6. The van der Waals surface area contributed by atoms with Crippen LogP contribution in [0.1, 0.15) is 50.0 Å². The summed E-state index contributed by atoms with van der Waals surface area (Å²) in [5, 5.41) is 9.53. The van der Waals surface area contributed by atoms with Gasteiger partial charge in [0, 0.05) is 11.5 Å². The second kappa shape index (κ2) is 4.02. The molecule has 2 nitrogen and oxygen atoms in total. The minimum atomic E-state index is 0.0220. The molecule has 0 spiro atoms. The molecule has 2 atom stereocenters. The molecule has 1 aromatic carbocycles. The van der Waals surface area contributed by atoms with Gasteiger partial charge in [-0.25, -0.2) is 0 Å². The summed E-state index contributed by atoms with van der Waals surface area (Å²) in [4.78, 5) is 0. The lowest BCUT2D eigenvalue weighted by Crippen LogP contribution is -2.35. The van der Waals surface area contributed by atoms with E-state index in [1.807, 2.05) is 12.1 Å². The van der Waals surface area contributed by atoms with Crippen molar-refractivity contribution in [3.05, 3.63) is 29.8 Å². The molecule has 0 saturated heterocycles. The Balaban J connectivity index is 1.75. The Morgan fingerprint density at radius 3 is 2.65 bits per heavy atom. The van der Waals surface area contributed by atoms with Gasteiger partial charge in [-0.1, -0.05) is 31.4 Å². The summed E-state index contributed by atoms with van der Waals surface area (Å²) in [5.74, 6) is 1.53. The van der Waals surface area contributed by atoms with Crippen molar-refractivity contribution in [2.24, 2.45) is 11.7 Å². The van der Waals surface area contributed by atoms with E-state index >= 15 is 0 Å². The highest BCUT2D eigenvalue weighted by atomic mass is 16.3. The topological polar surface area (TPSA) is 46.2 Å². The molecule has 3 N–H and O–H groups in total. The SMILES string of the molecule is NC1(C2CCCCC2)CC1c1cccc(O)c1. The molecule has 2 aliphatic rings. The van der Waals surface area contributed by atoms with Crippen LogP contribution in [0, 0.1) is 5.92 Å². The number of hydrogen-bond acceptors (Lipinski definition) is 2. The quantitative estimate of drug-likeness (QED) is 0.821. The third kappa shape index (κ3) is 1.95. The Labute approximate surface area is 103 Å². The van der Waals surface area contributed by atoms with Crippen molar-refractivity contribution in [2.45, 2.75) is 50.0 Å². The number of benzene rings is 1. The Morgan fingerprint density at radius 1 is 1.18 bits per heavy atom. The van der Waals surface area contributed by atoms with Crippen LogP contribution in [0.4, 0.5) is 0 Å². The van der Waals surface area contributed by atoms with Crippen LogP contribution in [0.15, 0.2) is 24.3 Å². The molecule has 2 aliphatic carbocycles. The molecule has 1 aromatic rings. The predicted molar refractivity (Wildman–Crippen MR) is 69.0 cm³/mol. The van der Waals surface area contributed by atoms with Crippen LogP contribution in [-0.2, 0) is 0 Å².